The molecule has 15 heavy (non-hydrogen) atoms. The molecule has 0 aliphatic heterocycles. The highest BCUT2D eigenvalue weighted by Gasteiger charge is 2.23. The Balaban J connectivity index is 3.48. The molecular formula is C8H8Cl2FNO2S. The molecule has 0 N–H and O–H groups in total. The molecule has 0 heterocycles. The zero-order valence-corrected chi connectivity index (χ0v) is 10.3. The van der Waals surface area contributed by atoms with E-state index in [0.717, 1.165) is 10.4 Å². The minimum Gasteiger partial charge on any atom is -0.207 e. The SMILES string of the molecule is CN(C)S(=O)(=O)c1ccc(Cl)c(F)c1Cl. The fourth-order valence-corrected chi connectivity index (χ4v) is 2.52. The maximum absolute atomic E-state index is 13.2. The standard InChI is InChI=1S/C8H8Cl2FNO2S/c1-12(2)15(13,14)6-4-3-5(9)8(11)7(6)10/h3-4H,1-2H3. The lowest BCUT2D eigenvalue weighted by atomic mass is 10.3. The second-order valence-corrected chi connectivity index (χ2v) is 5.87. The molecule has 3 nitrogen and oxygen atoms in total. The molecule has 1 aromatic carbocycles. The smallest absolute Gasteiger partial charge is 0.207 e. The molecule has 0 aliphatic rings. The Morgan fingerprint density at radius 2 is 1.80 bits per heavy atom. The molecule has 0 radical (unpaired) electrons. The highest BCUT2D eigenvalue weighted by Crippen LogP contribution is 2.30. The fraction of sp³-hybridized carbons (Fsp3) is 0.250. The highest BCUT2D eigenvalue weighted by molar-refractivity contribution is 7.89. The normalized spacial score (nSPS) is 12.1. The van der Waals surface area contributed by atoms with E-state index in [4.69, 9.17) is 23.2 Å². The minimum absolute atomic E-state index is 0.210. The van der Waals surface area contributed by atoms with E-state index in [0.29, 0.717) is 0 Å². The maximum atomic E-state index is 13.2. The molecule has 0 aliphatic carbocycles. The second-order valence-electron chi connectivity index (χ2n) is 2.96. The van der Waals surface area contributed by atoms with Crippen LogP contribution in [0.4, 0.5) is 4.39 Å². The van der Waals surface area contributed by atoms with E-state index in [-0.39, 0.29) is 9.92 Å². The Kier molecular flexibility index (Phi) is 3.60. The summed E-state index contributed by atoms with van der Waals surface area (Å²) in [5.74, 6) is -0.929. The van der Waals surface area contributed by atoms with E-state index < -0.39 is 20.9 Å². The van der Waals surface area contributed by atoms with Crippen LogP contribution >= 0.6 is 23.2 Å². The molecule has 0 atom stereocenters. The third kappa shape index (κ3) is 2.25. The Hall–Kier alpha value is -0.360. The van der Waals surface area contributed by atoms with Gasteiger partial charge < -0.3 is 0 Å². The maximum Gasteiger partial charge on any atom is 0.244 e. The van der Waals surface area contributed by atoms with Gasteiger partial charge in [0.25, 0.3) is 0 Å². The van der Waals surface area contributed by atoms with E-state index in [2.05, 4.69) is 0 Å². The number of hydrogen-bond donors (Lipinski definition) is 0. The van der Waals surface area contributed by atoms with Gasteiger partial charge in [-0.1, -0.05) is 23.2 Å². The van der Waals surface area contributed by atoms with Crippen LogP contribution in [0.5, 0.6) is 0 Å². The molecule has 0 saturated carbocycles. The second kappa shape index (κ2) is 4.25. The quantitative estimate of drug-likeness (QED) is 0.775. The summed E-state index contributed by atoms with van der Waals surface area (Å²) in [5, 5.41) is -0.700. The first-order chi connectivity index (χ1) is 6.78. The van der Waals surface area contributed by atoms with E-state index in [1.54, 1.807) is 0 Å². The first kappa shape index (κ1) is 12.7. The molecule has 0 unspecified atom stereocenters. The van der Waals surface area contributed by atoms with Crippen molar-refractivity contribution >= 4 is 33.2 Å². The van der Waals surface area contributed by atoms with Gasteiger partial charge in [-0.2, -0.15) is 0 Å². The molecule has 0 aromatic heterocycles. The van der Waals surface area contributed by atoms with Gasteiger partial charge in [-0.3, -0.25) is 0 Å². The van der Waals surface area contributed by atoms with Crippen molar-refractivity contribution < 1.29 is 12.8 Å². The lowest BCUT2D eigenvalue weighted by molar-refractivity contribution is 0.519. The largest absolute Gasteiger partial charge is 0.244 e. The Bertz CT molecular complexity index is 488. The van der Waals surface area contributed by atoms with Gasteiger partial charge in [0.2, 0.25) is 10.0 Å². The fourth-order valence-electron chi connectivity index (χ4n) is 0.904. The van der Waals surface area contributed by atoms with Crippen molar-refractivity contribution in [2.24, 2.45) is 0 Å². The third-order valence-corrected chi connectivity index (χ3v) is 4.39. The van der Waals surface area contributed by atoms with Crippen molar-refractivity contribution in [3.8, 4) is 0 Å². The van der Waals surface area contributed by atoms with Crippen LogP contribution in [-0.4, -0.2) is 26.8 Å². The van der Waals surface area contributed by atoms with Gasteiger partial charge in [0.15, 0.2) is 5.82 Å². The third-order valence-electron chi connectivity index (χ3n) is 1.76. The van der Waals surface area contributed by atoms with Crippen molar-refractivity contribution in [2.75, 3.05) is 14.1 Å². The molecule has 0 fully saturated rings. The molecule has 0 saturated heterocycles. The van der Waals surface area contributed by atoms with Crippen LogP contribution in [0.1, 0.15) is 0 Å². The number of benzene rings is 1. The van der Waals surface area contributed by atoms with Crippen LogP contribution in [0.15, 0.2) is 17.0 Å². The van der Waals surface area contributed by atoms with Crippen molar-refractivity contribution in [1.82, 2.24) is 4.31 Å². The molecule has 0 spiro atoms. The number of rotatable bonds is 2. The summed E-state index contributed by atoms with van der Waals surface area (Å²) in [6.45, 7) is 0. The van der Waals surface area contributed by atoms with Crippen LogP contribution in [-0.2, 0) is 10.0 Å². The lowest BCUT2D eigenvalue weighted by Crippen LogP contribution is -2.22. The molecule has 0 amide bonds. The van der Waals surface area contributed by atoms with E-state index in [9.17, 15) is 12.8 Å². The predicted molar refractivity (Wildman–Crippen MR) is 57.3 cm³/mol. The average Bonchev–Trinajstić information content (AvgIpc) is 2.13. The molecule has 84 valence electrons. The first-order valence-electron chi connectivity index (χ1n) is 3.84. The van der Waals surface area contributed by atoms with E-state index in [1.807, 2.05) is 0 Å². The van der Waals surface area contributed by atoms with Crippen LogP contribution in [0, 0.1) is 5.82 Å². The van der Waals surface area contributed by atoms with Crippen LogP contribution in [0.2, 0.25) is 10.0 Å². The summed E-state index contributed by atoms with van der Waals surface area (Å²) in [7, 11) is -1.08. The Labute approximate surface area is 97.5 Å². The minimum atomic E-state index is -3.74. The zero-order chi connectivity index (χ0) is 11.8. The van der Waals surface area contributed by atoms with E-state index >= 15 is 0 Å². The summed E-state index contributed by atoms with van der Waals surface area (Å²) in [6, 6.07) is 2.32. The molecule has 1 rings (SSSR count). The van der Waals surface area contributed by atoms with E-state index in [1.165, 1.54) is 20.2 Å². The van der Waals surface area contributed by atoms with Gasteiger partial charge in [0.1, 0.15) is 4.90 Å². The summed E-state index contributed by atoms with van der Waals surface area (Å²) in [5.41, 5.74) is 0. The van der Waals surface area contributed by atoms with Gasteiger partial charge in [-0.25, -0.2) is 17.1 Å². The number of hydrogen-bond acceptors (Lipinski definition) is 2. The monoisotopic (exact) mass is 271 g/mol. The van der Waals surface area contributed by atoms with Gasteiger partial charge in [-0.05, 0) is 12.1 Å². The van der Waals surface area contributed by atoms with Gasteiger partial charge in [0, 0.05) is 14.1 Å². The van der Waals surface area contributed by atoms with Crippen molar-refractivity contribution in [3.63, 3.8) is 0 Å². The number of nitrogens with zero attached hydrogens (tertiary/aromatic N) is 1. The molecular weight excluding hydrogens is 264 g/mol. The zero-order valence-electron chi connectivity index (χ0n) is 7.96. The lowest BCUT2D eigenvalue weighted by Gasteiger charge is -2.13. The van der Waals surface area contributed by atoms with Crippen LogP contribution < -0.4 is 0 Å². The predicted octanol–water partition coefficient (Wildman–Crippen LogP) is 2.38. The molecule has 0 bridgehead atoms. The van der Waals surface area contributed by atoms with Crippen LogP contribution in [0.3, 0.4) is 0 Å². The first-order valence-corrected chi connectivity index (χ1v) is 6.04. The topological polar surface area (TPSA) is 37.4 Å². The molecule has 7 heteroatoms. The van der Waals surface area contributed by atoms with Crippen LogP contribution in [0.25, 0.3) is 0 Å². The molecule has 1 aromatic rings. The highest BCUT2D eigenvalue weighted by atomic mass is 35.5. The summed E-state index contributed by atoms with van der Waals surface area (Å²) < 4.78 is 37.5. The summed E-state index contributed by atoms with van der Waals surface area (Å²) in [6.07, 6.45) is 0. The van der Waals surface area contributed by atoms with Crippen molar-refractivity contribution in [2.45, 2.75) is 4.90 Å². The summed E-state index contributed by atoms with van der Waals surface area (Å²) in [4.78, 5) is -0.295. The Morgan fingerprint density at radius 1 is 1.27 bits per heavy atom. The summed E-state index contributed by atoms with van der Waals surface area (Å²) >= 11 is 11.0. The number of sulfonamides is 1. The average molecular weight is 272 g/mol. The van der Waals surface area contributed by atoms with Crippen molar-refractivity contribution in [1.29, 1.82) is 0 Å². The van der Waals surface area contributed by atoms with Gasteiger partial charge >= 0.3 is 0 Å². The van der Waals surface area contributed by atoms with Crippen molar-refractivity contribution in [3.05, 3.63) is 28.0 Å². The Morgan fingerprint density at radius 3 is 2.27 bits per heavy atom. The van der Waals surface area contributed by atoms with Gasteiger partial charge in [-0.15, -0.1) is 0 Å². The van der Waals surface area contributed by atoms with Gasteiger partial charge in [0.05, 0.1) is 10.0 Å². The number of halogens is 3.